The third-order valence-corrected chi connectivity index (χ3v) is 5.55. The molecule has 0 saturated heterocycles. The highest BCUT2D eigenvalue weighted by Crippen LogP contribution is 2.38. The van der Waals surface area contributed by atoms with Crippen LogP contribution < -0.4 is 10.6 Å². The summed E-state index contributed by atoms with van der Waals surface area (Å²) in [5.74, 6) is -0.314. The zero-order valence-electron chi connectivity index (χ0n) is 13.1. The van der Waals surface area contributed by atoms with Crippen molar-refractivity contribution < 1.29 is 9.53 Å². The van der Waals surface area contributed by atoms with Gasteiger partial charge in [0.2, 0.25) is 0 Å². The van der Waals surface area contributed by atoms with Crippen LogP contribution in [0, 0.1) is 0 Å². The minimum Gasteiger partial charge on any atom is -0.465 e. The fourth-order valence-corrected chi connectivity index (χ4v) is 4.46. The zero-order valence-corrected chi connectivity index (χ0v) is 15.5. The largest absolute Gasteiger partial charge is 0.465 e. The molecule has 1 aromatic heterocycles. The molecule has 2 aromatic rings. The Hall–Kier alpha value is -1.63. The van der Waals surface area contributed by atoms with E-state index in [1.54, 1.807) is 23.5 Å². The molecule has 0 saturated carbocycles. The molecular formula is C17H17ClN2O2S2. The highest BCUT2D eigenvalue weighted by molar-refractivity contribution is 7.80. The molecular weight excluding hydrogens is 364 g/mol. The van der Waals surface area contributed by atoms with Crippen molar-refractivity contribution in [3.05, 3.63) is 45.3 Å². The predicted octanol–water partition coefficient (Wildman–Crippen LogP) is 4.88. The Morgan fingerprint density at radius 1 is 1.21 bits per heavy atom. The van der Waals surface area contributed by atoms with Crippen LogP contribution in [-0.4, -0.2) is 18.2 Å². The van der Waals surface area contributed by atoms with E-state index < -0.39 is 0 Å². The van der Waals surface area contributed by atoms with Gasteiger partial charge in [-0.15, -0.1) is 11.3 Å². The van der Waals surface area contributed by atoms with E-state index in [9.17, 15) is 4.79 Å². The predicted molar refractivity (Wildman–Crippen MR) is 104 cm³/mol. The summed E-state index contributed by atoms with van der Waals surface area (Å²) >= 11 is 12.8. The lowest BCUT2D eigenvalue weighted by Crippen LogP contribution is -2.20. The van der Waals surface area contributed by atoms with Gasteiger partial charge >= 0.3 is 5.97 Å². The van der Waals surface area contributed by atoms with Gasteiger partial charge in [0.1, 0.15) is 5.00 Å². The summed E-state index contributed by atoms with van der Waals surface area (Å²) in [5, 5.41) is 8.10. The molecule has 0 radical (unpaired) electrons. The van der Waals surface area contributed by atoms with Gasteiger partial charge in [-0.1, -0.05) is 11.6 Å². The number of carbonyl (C=O) groups is 1. The van der Waals surface area contributed by atoms with Gasteiger partial charge in [0.05, 0.1) is 12.7 Å². The van der Waals surface area contributed by atoms with Gasteiger partial charge in [-0.25, -0.2) is 4.79 Å². The minimum atomic E-state index is -0.314. The number of anilines is 2. The Morgan fingerprint density at radius 3 is 2.62 bits per heavy atom. The summed E-state index contributed by atoms with van der Waals surface area (Å²) in [5.41, 5.74) is 2.56. The van der Waals surface area contributed by atoms with Gasteiger partial charge in [0, 0.05) is 15.6 Å². The molecule has 24 heavy (non-hydrogen) atoms. The third-order valence-electron chi connectivity index (χ3n) is 3.89. The normalized spacial score (nSPS) is 13.1. The second-order valence-corrected chi connectivity index (χ2v) is 7.44. The number of fused-ring (bicyclic) bond motifs is 1. The fourth-order valence-electron chi connectivity index (χ4n) is 2.77. The average molecular weight is 381 g/mol. The Bertz CT molecular complexity index is 772. The number of esters is 1. The van der Waals surface area contributed by atoms with Crippen LogP contribution in [0.1, 0.15) is 33.6 Å². The molecule has 0 fully saturated rings. The number of nitrogens with one attached hydrogen (secondary N) is 2. The average Bonchev–Trinajstić information content (AvgIpc) is 2.94. The van der Waals surface area contributed by atoms with E-state index >= 15 is 0 Å². The molecule has 1 heterocycles. The van der Waals surface area contributed by atoms with Crippen molar-refractivity contribution in [2.24, 2.45) is 0 Å². The van der Waals surface area contributed by atoms with Crippen LogP contribution in [0.5, 0.6) is 0 Å². The second-order valence-electron chi connectivity index (χ2n) is 5.49. The lowest BCUT2D eigenvalue weighted by atomic mass is 9.95. The van der Waals surface area contributed by atoms with Gasteiger partial charge in [-0.05, 0) is 67.7 Å². The zero-order chi connectivity index (χ0) is 17.1. The van der Waals surface area contributed by atoms with Crippen molar-refractivity contribution >= 4 is 56.9 Å². The maximum absolute atomic E-state index is 12.2. The molecule has 1 aliphatic rings. The lowest BCUT2D eigenvalue weighted by Gasteiger charge is -2.12. The smallest absolute Gasteiger partial charge is 0.341 e. The van der Waals surface area contributed by atoms with Crippen molar-refractivity contribution in [2.45, 2.75) is 25.7 Å². The van der Waals surface area contributed by atoms with Crippen LogP contribution in [0.3, 0.4) is 0 Å². The monoisotopic (exact) mass is 380 g/mol. The molecule has 0 aliphatic heterocycles. The Morgan fingerprint density at radius 2 is 1.92 bits per heavy atom. The summed E-state index contributed by atoms with van der Waals surface area (Å²) < 4.78 is 4.96. The van der Waals surface area contributed by atoms with Crippen LogP contribution in [0.4, 0.5) is 10.7 Å². The van der Waals surface area contributed by atoms with Crippen molar-refractivity contribution in [1.29, 1.82) is 0 Å². The summed E-state index contributed by atoms with van der Waals surface area (Å²) in [6, 6.07) is 7.26. The molecule has 0 spiro atoms. The van der Waals surface area contributed by atoms with E-state index in [2.05, 4.69) is 10.6 Å². The molecule has 0 amide bonds. The molecule has 7 heteroatoms. The van der Waals surface area contributed by atoms with Gasteiger partial charge in [0.15, 0.2) is 5.11 Å². The topological polar surface area (TPSA) is 50.4 Å². The van der Waals surface area contributed by atoms with Gasteiger partial charge in [-0.2, -0.15) is 0 Å². The summed E-state index contributed by atoms with van der Waals surface area (Å²) in [6.45, 7) is 0. The third kappa shape index (κ3) is 3.71. The van der Waals surface area contributed by atoms with E-state index in [0.29, 0.717) is 15.7 Å². The van der Waals surface area contributed by atoms with E-state index in [-0.39, 0.29) is 5.97 Å². The van der Waals surface area contributed by atoms with Crippen LogP contribution in [0.15, 0.2) is 24.3 Å². The first-order valence-electron chi connectivity index (χ1n) is 7.65. The number of hydrogen-bond donors (Lipinski definition) is 2. The fraction of sp³-hybridized carbons (Fsp3) is 0.294. The number of thiophene rings is 1. The van der Waals surface area contributed by atoms with Crippen molar-refractivity contribution in [2.75, 3.05) is 17.7 Å². The Labute approximate surface area is 155 Å². The van der Waals surface area contributed by atoms with Gasteiger partial charge < -0.3 is 15.4 Å². The summed E-state index contributed by atoms with van der Waals surface area (Å²) in [4.78, 5) is 13.5. The molecule has 0 unspecified atom stereocenters. The molecule has 3 rings (SSSR count). The molecule has 0 atom stereocenters. The molecule has 126 valence electrons. The SMILES string of the molecule is COC(=O)c1c(NC(=S)Nc2ccc(Cl)cc2)sc2c1CCCC2. The molecule has 4 nitrogen and oxygen atoms in total. The molecule has 1 aliphatic carbocycles. The summed E-state index contributed by atoms with van der Waals surface area (Å²) in [7, 11) is 1.41. The first-order chi connectivity index (χ1) is 11.6. The van der Waals surface area contributed by atoms with Crippen molar-refractivity contribution in [3.63, 3.8) is 0 Å². The Kier molecular flexibility index (Phi) is 5.38. The highest BCUT2D eigenvalue weighted by Gasteiger charge is 2.26. The summed E-state index contributed by atoms with van der Waals surface area (Å²) in [6.07, 6.45) is 4.17. The van der Waals surface area contributed by atoms with E-state index in [4.69, 9.17) is 28.6 Å². The minimum absolute atomic E-state index is 0.314. The number of methoxy groups -OCH3 is 1. The number of carbonyl (C=O) groups excluding carboxylic acids is 1. The lowest BCUT2D eigenvalue weighted by molar-refractivity contribution is 0.0601. The van der Waals surface area contributed by atoms with Gasteiger partial charge in [0.25, 0.3) is 0 Å². The van der Waals surface area contributed by atoms with Crippen molar-refractivity contribution in [1.82, 2.24) is 0 Å². The van der Waals surface area contributed by atoms with E-state index in [1.807, 2.05) is 12.1 Å². The Balaban J connectivity index is 1.81. The van der Waals surface area contributed by atoms with Crippen LogP contribution in [-0.2, 0) is 17.6 Å². The first-order valence-corrected chi connectivity index (χ1v) is 9.25. The standard InChI is InChI=1S/C17H17ClN2O2S2/c1-22-16(21)14-12-4-2-3-5-13(12)24-15(14)20-17(23)19-11-8-6-10(18)7-9-11/h6-9H,2-5H2,1H3,(H2,19,20,23). The van der Waals surface area contributed by atoms with Crippen molar-refractivity contribution in [3.8, 4) is 0 Å². The van der Waals surface area contributed by atoms with E-state index in [1.165, 1.54) is 12.0 Å². The molecule has 1 aromatic carbocycles. The molecule has 0 bridgehead atoms. The van der Waals surface area contributed by atoms with E-state index in [0.717, 1.165) is 41.9 Å². The number of aryl methyl sites for hydroxylation is 1. The van der Waals surface area contributed by atoms with Gasteiger partial charge in [-0.3, -0.25) is 0 Å². The number of halogens is 1. The van der Waals surface area contributed by atoms with Crippen LogP contribution in [0.2, 0.25) is 5.02 Å². The number of benzene rings is 1. The number of hydrogen-bond acceptors (Lipinski definition) is 4. The maximum Gasteiger partial charge on any atom is 0.341 e. The number of rotatable bonds is 3. The van der Waals surface area contributed by atoms with Crippen LogP contribution in [0.25, 0.3) is 0 Å². The quantitative estimate of drug-likeness (QED) is 0.587. The number of thiocarbonyl (C=S) groups is 1. The van der Waals surface area contributed by atoms with Crippen LogP contribution >= 0.6 is 35.2 Å². The first kappa shape index (κ1) is 17.2. The highest BCUT2D eigenvalue weighted by atomic mass is 35.5. The number of ether oxygens (including phenoxy) is 1. The second kappa shape index (κ2) is 7.51. The maximum atomic E-state index is 12.2. The molecule has 2 N–H and O–H groups in total.